The summed E-state index contributed by atoms with van der Waals surface area (Å²) in [6.45, 7) is 11.1. The Morgan fingerprint density at radius 3 is 2.60 bits per heavy atom. The summed E-state index contributed by atoms with van der Waals surface area (Å²) in [5, 5.41) is 2.72. The van der Waals surface area contributed by atoms with Gasteiger partial charge < -0.3 is 19.7 Å². The molecule has 1 aromatic rings. The number of esters is 1. The van der Waals surface area contributed by atoms with Crippen LogP contribution in [-0.2, 0) is 24.5 Å². The highest BCUT2D eigenvalue weighted by molar-refractivity contribution is 5.92. The molecule has 1 atom stereocenters. The summed E-state index contributed by atoms with van der Waals surface area (Å²) in [6, 6.07) is 6.73. The van der Waals surface area contributed by atoms with Crippen molar-refractivity contribution in [2.24, 2.45) is 5.92 Å². The number of nitrogens with one attached hydrogen (secondary N) is 1. The Morgan fingerprint density at radius 1 is 1.23 bits per heavy atom. The third-order valence-electron chi connectivity index (χ3n) is 5.02. The summed E-state index contributed by atoms with van der Waals surface area (Å²) in [4.78, 5) is 38.8. The fourth-order valence-corrected chi connectivity index (χ4v) is 3.28. The van der Waals surface area contributed by atoms with Crippen LogP contribution in [0, 0.1) is 5.92 Å². The molecule has 1 heterocycles. The minimum absolute atomic E-state index is 0.132. The average molecular weight is 419 g/mol. The molecule has 0 bridgehead atoms. The molecule has 0 saturated carbocycles. The van der Waals surface area contributed by atoms with Crippen molar-refractivity contribution in [2.75, 3.05) is 26.3 Å². The van der Waals surface area contributed by atoms with E-state index in [1.165, 1.54) is 4.90 Å². The second kappa shape index (κ2) is 10.5. The van der Waals surface area contributed by atoms with Gasteiger partial charge in [0.05, 0.1) is 13.0 Å². The molecule has 0 radical (unpaired) electrons. The molecule has 1 aliphatic heterocycles. The van der Waals surface area contributed by atoms with Crippen LogP contribution in [0.1, 0.15) is 53.0 Å². The topological polar surface area (TPSA) is 84.9 Å². The largest absolute Gasteiger partial charge is 0.483 e. The summed E-state index contributed by atoms with van der Waals surface area (Å²) in [6.07, 6.45) is 0.598. The molecule has 1 N–H and O–H groups in total. The van der Waals surface area contributed by atoms with Gasteiger partial charge in [0.25, 0.3) is 5.91 Å². The minimum atomic E-state index is -0.876. The van der Waals surface area contributed by atoms with Gasteiger partial charge in [0, 0.05) is 13.1 Å². The van der Waals surface area contributed by atoms with E-state index >= 15 is 0 Å². The van der Waals surface area contributed by atoms with Gasteiger partial charge in [0.1, 0.15) is 11.8 Å². The number of benzene rings is 1. The molecule has 2 rings (SSSR count). The number of piperazine rings is 1. The van der Waals surface area contributed by atoms with Crippen molar-refractivity contribution in [2.45, 2.75) is 58.9 Å². The van der Waals surface area contributed by atoms with Crippen molar-refractivity contribution in [1.29, 1.82) is 0 Å². The Bertz CT molecular complexity index is 754. The first-order valence-corrected chi connectivity index (χ1v) is 10.5. The Hall–Kier alpha value is -2.57. The van der Waals surface area contributed by atoms with E-state index in [1.807, 2.05) is 38.1 Å². The minimum Gasteiger partial charge on any atom is -0.483 e. The fraction of sp³-hybridized carbons (Fsp3) is 0.609. The van der Waals surface area contributed by atoms with Crippen molar-refractivity contribution in [3.63, 3.8) is 0 Å². The van der Waals surface area contributed by atoms with Crippen LogP contribution in [0.15, 0.2) is 24.3 Å². The Morgan fingerprint density at radius 2 is 1.93 bits per heavy atom. The number of carbonyl (C=O) groups is 3. The number of carbonyl (C=O) groups excluding carboxylic acids is 3. The molecule has 0 spiro atoms. The van der Waals surface area contributed by atoms with Crippen LogP contribution in [0.3, 0.4) is 0 Å². The molecule has 0 aromatic heterocycles. The van der Waals surface area contributed by atoms with E-state index in [0.717, 1.165) is 12.0 Å². The lowest BCUT2D eigenvalue weighted by atomic mass is 9.86. The van der Waals surface area contributed by atoms with Crippen LogP contribution in [0.5, 0.6) is 5.75 Å². The lowest BCUT2D eigenvalue weighted by Crippen LogP contribution is -2.58. The van der Waals surface area contributed by atoms with E-state index in [4.69, 9.17) is 9.47 Å². The molecule has 1 saturated heterocycles. The van der Waals surface area contributed by atoms with Crippen molar-refractivity contribution in [3.8, 4) is 5.75 Å². The molecule has 1 unspecified atom stereocenters. The van der Waals surface area contributed by atoms with Crippen molar-refractivity contribution < 1.29 is 23.9 Å². The molecular formula is C23H34N2O5. The molecule has 0 aliphatic carbocycles. The Labute approximate surface area is 179 Å². The summed E-state index contributed by atoms with van der Waals surface area (Å²) >= 11 is 0. The quantitative estimate of drug-likeness (QED) is 0.656. The van der Waals surface area contributed by atoms with Crippen LogP contribution in [0.4, 0.5) is 0 Å². The Kier molecular flexibility index (Phi) is 8.26. The van der Waals surface area contributed by atoms with Gasteiger partial charge in [-0.25, -0.2) is 0 Å². The van der Waals surface area contributed by atoms with E-state index in [-0.39, 0.29) is 30.3 Å². The van der Waals surface area contributed by atoms with Crippen molar-refractivity contribution in [1.82, 2.24) is 10.2 Å². The fourth-order valence-electron chi connectivity index (χ4n) is 3.28. The van der Waals surface area contributed by atoms with Crippen LogP contribution < -0.4 is 10.1 Å². The highest BCUT2D eigenvalue weighted by Crippen LogP contribution is 2.31. The summed E-state index contributed by atoms with van der Waals surface area (Å²) in [5.41, 5.74) is 0.867. The maximum absolute atomic E-state index is 12.8. The van der Waals surface area contributed by atoms with Crippen molar-refractivity contribution in [3.05, 3.63) is 29.8 Å². The van der Waals surface area contributed by atoms with Gasteiger partial charge in [-0.1, -0.05) is 52.8 Å². The predicted octanol–water partition coefficient (Wildman–Crippen LogP) is 2.67. The van der Waals surface area contributed by atoms with E-state index in [0.29, 0.717) is 31.4 Å². The number of rotatable bonds is 8. The van der Waals surface area contributed by atoms with E-state index in [1.54, 1.807) is 0 Å². The third kappa shape index (κ3) is 6.75. The van der Waals surface area contributed by atoms with Gasteiger partial charge in [-0.05, 0) is 29.4 Å². The lowest BCUT2D eigenvalue weighted by Gasteiger charge is -2.34. The normalized spacial score (nSPS) is 16.9. The SMILES string of the molecule is CC(C)CCOC(=O)CC1C(=O)NCCN1C(=O)COc1ccccc1C(C)(C)C. The lowest BCUT2D eigenvalue weighted by molar-refractivity contribution is -0.152. The monoisotopic (exact) mass is 418 g/mol. The molecule has 1 aromatic carbocycles. The molecule has 1 aliphatic rings. The van der Waals surface area contributed by atoms with Gasteiger partial charge in [-0.2, -0.15) is 0 Å². The smallest absolute Gasteiger partial charge is 0.308 e. The highest BCUT2D eigenvalue weighted by Gasteiger charge is 2.35. The summed E-state index contributed by atoms with van der Waals surface area (Å²) < 4.78 is 11.0. The zero-order valence-corrected chi connectivity index (χ0v) is 18.7. The van der Waals surface area contributed by atoms with E-state index in [9.17, 15) is 14.4 Å². The Balaban J connectivity index is 2.01. The standard InChI is InChI=1S/C23H34N2O5/c1-16(2)10-13-29-21(27)14-18-22(28)24-11-12-25(18)20(26)15-30-19-9-7-6-8-17(19)23(3,4)5/h6-9,16,18H,10-15H2,1-5H3,(H,24,28). The summed E-state index contributed by atoms with van der Waals surface area (Å²) in [7, 11) is 0. The average Bonchev–Trinajstić information content (AvgIpc) is 2.67. The maximum atomic E-state index is 12.8. The molecular weight excluding hydrogens is 384 g/mol. The second-order valence-corrected chi connectivity index (χ2v) is 9.04. The number of hydrogen-bond donors (Lipinski definition) is 1. The first-order valence-electron chi connectivity index (χ1n) is 10.5. The predicted molar refractivity (Wildman–Crippen MR) is 114 cm³/mol. The first kappa shape index (κ1) is 23.7. The molecule has 7 nitrogen and oxygen atoms in total. The molecule has 2 amide bonds. The number of para-hydroxylation sites is 1. The third-order valence-corrected chi connectivity index (χ3v) is 5.02. The molecule has 166 valence electrons. The van der Waals surface area contributed by atoms with Crippen LogP contribution in [0.25, 0.3) is 0 Å². The number of nitrogens with zero attached hydrogens (tertiary/aromatic N) is 1. The number of ether oxygens (including phenoxy) is 2. The number of amides is 2. The molecule has 7 heteroatoms. The van der Waals surface area contributed by atoms with Gasteiger partial charge in [0.2, 0.25) is 5.91 Å². The van der Waals surface area contributed by atoms with Gasteiger partial charge in [-0.3, -0.25) is 14.4 Å². The van der Waals surface area contributed by atoms with E-state index < -0.39 is 12.0 Å². The van der Waals surface area contributed by atoms with Crippen LogP contribution in [-0.4, -0.2) is 55.0 Å². The van der Waals surface area contributed by atoms with Gasteiger partial charge in [-0.15, -0.1) is 0 Å². The van der Waals surface area contributed by atoms with Crippen LogP contribution >= 0.6 is 0 Å². The molecule has 30 heavy (non-hydrogen) atoms. The zero-order chi connectivity index (χ0) is 22.3. The highest BCUT2D eigenvalue weighted by atomic mass is 16.5. The van der Waals surface area contributed by atoms with Gasteiger partial charge in [0.15, 0.2) is 6.61 Å². The first-order chi connectivity index (χ1) is 14.1. The van der Waals surface area contributed by atoms with E-state index in [2.05, 4.69) is 26.1 Å². The van der Waals surface area contributed by atoms with Crippen molar-refractivity contribution >= 4 is 17.8 Å². The van der Waals surface area contributed by atoms with Crippen LogP contribution in [0.2, 0.25) is 0 Å². The van der Waals surface area contributed by atoms with Gasteiger partial charge >= 0.3 is 5.97 Å². The molecule has 1 fully saturated rings. The zero-order valence-electron chi connectivity index (χ0n) is 18.7. The summed E-state index contributed by atoms with van der Waals surface area (Å²) in [5.74, 6) is -0.0834. The maximum Gasteiger partial charge on any atom is 0.308 e. The number of hydrogen-bond acceptors (Lipinski definition) is 5. The second-order valence-electron chi connectivity index (χ2n) is 9.04.